The molecule has 1 aromatic heterocycles. The van der Waals surface area contributed by atoms with E-state index >= 15 is 0 Å². The highest BCUT2D eigenvalue weighted by molar-refractivity contribution is 7.13. The fourth-order valence-corrected chi connectivity index (χ4v) is 3.83. The van der Waals surface area contributed by atoms with Gasteiger partial charge in [-0.2, -0.15) is 0 Å². The van der Waals surface area contributed by atoms with Crippen molar-refractivity contribution < 1.29 is 9.53 Å². The molecule has 5 heteroatoms. The van der Waals surface area contributed by atoms with Crippen LogP contribution < -0.4 is 10.1 Å². The van der Waals surface area contributed by atoms with Gasteiger partial charge in [-0.3, -0.25) is 4.79 Å². The van der Waals surface area contributed by atoms with Gasteiger partial charge in [0.2, 0.25) is 5.91 Å². The second kappa shape index (κ2) is 7.07. The second-order valence-electron chi connectivity index (χ2n) is 5.98. The van der Waals surface area contributed by atoms with Gasteiger partial charge >= 0.3 is 0 Å². The highest BCUT2D eigenvalue weighted by atomic mass is 32.1. The first-order valence-electron chi connectivity index (χ1n) is 8.30. The third-order valence-corrected chi connectivity index (χ3v) is 5.15. The molecule has 0 saturated carbocycles. The predicted octanol–water partition coefficient (Wildman–Crippen LogP) is 3.99. The van der Waals surface area contributed by atoms with Gasteiger partial charge in [-0.25, -0.2) is 4.98 Å². The molecule has 2 aromatic carbocycles. The van der Waals surface area contributed by atoms with Crippen LogP contribution in [0, 0.1) is 0 Å². The minimum absolute atomic E-state index is 0.00433. The molecule has 1 aliphatic rings. The molecule has 0 unspecified atom stereocenters. The van der Waals surface area contributed by atoms with E-state index in [1.165, 1.54) is 0 Å². The Balaban J connectivity index is 1.43. The van der Waals surface area contributed by atoms with Gasteiger partial charge in [0.15, 0.2) is 0 Å². The molecule has 126 valence electrons. The number of hydrogen-bond acceptors (Lipinski definition) is 4. The van der Waals surface area contributed by atoms with Crippen molar-refractivity contribution in [2.75, 3.05) is 6.61 Å². The van der Waals surface area contributed by atoms with Crippen LogP contribution in [0.5, 0.6) is 5.75 Å². The molecule has 0 saturated heterocycles. The van der Waals surface area contributed by atoms with Crippen molar-refractivity contribution in [3.05, 3.63) is 71.2 Å². The summed E-state index contributed by atoms with van der Waals surface area (Å²) in [6.07, 6.45) is 1.08. The summed E-state index contributed by atoms with van der Waals surface area (Å²) in [6, 6.07) is 17.9. The van der Waals surface area contributed by atoms with Crippen molar-refractivity contribution in [2.24, 2.45) is 0 Å². The van der Waals surface area contributed by atoms with Gasteiger partial charge in [-0.1, -0.05) is 48.5 Å². The monoisotopic (exact) mass is 350 g/mol. The Morgan fingerprint density at radius 1 is 1.16 bits per heavy atom. The third-order valence-electron chi connectivity index (χ3n) is 4.21. The van der Waals surface area contributed by atoms with Crippen LogP contribution in [0.2, 0.25) is 0 Å². The molecule has 0 fully saturated rings. The maximum absolute atomic E-state index is 12.4. The molecule has 1 N–H and O–H groups in total. The number of ether oxygens (including phenoxy) is 1. The maximum atomic E-state index is 12.4. The summed E-state index contributed by atoms with van der Waals surface area (Å²) in [6.45, 7) is 0.622. The SMILES string of the molecule is O=C(Cc1csc(-c2ccccc2)n1)N[C@H]1CCOc2ccccc21. The van der Waals surface area contributed by atoms with E-state index in [0.29, 0.717) is 13.0 Å². The number of aromatic nitrogens is 1. The molecular formula is C20H18N2O2S. The summed E-state index contributed by atoms with van der Waals surface area (Å²) in [5, 5.41) is 6.02. The van der Waals surface area contributed by atoms with Gasteiger partial charge in [0.05, 0.1) is 24.8 Å². The molecule has 4 nitrogen and oxygen atoms in total. The molecule has 0 spiro atoms. The Kier molecular flexibility index (Phi) is 4.48. The molecule has 0 bridgehead atoms. The van der Waals surface area contributed by atoms with E-state index in [4.69, 9.17) is 4.74 Å². The third kappa shape index (κ3) is 3.56. The van der Waals surface area contributed by atoms with Crippen LogP contribution in [0.1, 0.15) is 23.7 Å². The molecule has 3 aromatic rings. The van der Waals surface area contributed by atoms with Crippen LogP contribution in [0.3, 0.4) is 0 Å². The fraction of sp³-hybridized carbons (Fsp3) is 0.200. The number of carbonyl (C=O) groups excluding carboxylic acids is 1. The second-order valence-corrected chi connectivity index (χ2v) is 6.84. The zero-order chi connectivity index (χ0) is 17.1. The largest absolute Gasteiger partial charge is 0.493 e. The number of rotatable bonds is 4. The van der Waals surface area contributed by atoms with Gasteiger partial charge in [0.25, 0.3) is 0 Å². The average molecular weight is 350 g/mol. The average Bonchev–Trinajstić information content (AvgIpc) is 3.11. The van der Waals surface area contributed by atoms with Crippen molar-refractivity contribution >= 4 is 17.2 Å². The first kappa shape index (κ1) is 15.8. The Bertz CT molecular complexity index is 876. The summed E-state index contributed by atoms with van der Waals surface area (Å²) >= 11 is 1.57. The lowest BCUT2D eigenvalue weighted by Crippen LogP contribution is -2.33. The van der Waals surface area contributed by atoms with Crippen LogP contribution >= 0.6 is 11.3 Å². The zero-order valence-electron chi connectivity index (χ0n) is 13.6. The molecular weight excluding hydrogens is 332 g/mol. The van der Waals surface area contributed by atoms with E-state index in [0.717, 1.165) is 34.0 Å². The first-order chi connectivity index (χ1) is 12.3. The van der Waals surface area contributed by atoms with Crippen LogP contribution in [0.25, 0.3) is 10.6 Å². The van der Waals surface area contributed by atoms with Crippen molar-refractivity contribution in [3.8, 4) is 16.3 Å². The Morgan fingerprint density at radius 2 is 1.96 bits per heavy atom. The topological polar surface area (TPSA) is 51.2 Å². The van der Waals surface area contributed by atoms with Crippen LogP contribution in [-0.4, -0.2) is 17.5 Å². The van der Waals surface area contributed by atoms with Crippen molar-refractivity contribution in [3.63, 3.8) is 0 Å². The van der Waals surface area contributed by atoms with Gasteiger partial charge in [0.1, 0.15) is 10.8 Å². The molecule has 4 rings (SSSR count). The van der Waals surface area contributed by atoms with Crippen LogP contribution in [-0.2, 0) is 11.2 Å². The number of nitrogens with one attached hydrogen (secondary N) is 1. The molecule has 1 aliphatic heterocycles. The van der Waals surface area contributed by atoms with Crippen LogP contribution in [0.4, 0.5) is 0 Å². The number of thiazole rings is 1. The Labute approximate surface area is 150 Å². The van der Waals surface area contributed by atoms with Crippen LogP contribution in [0.15, 0.2) is 60.0 Å². The highest BCUT2D eigenvalue weighted by Gasteiger charge is 2.22. The minimum atomic E-state index is -0.00776. The summed E-state index contributed by atoms with van der Waals surface area (Å²) in [7, 11) is 0. The van der Waals surface area contributed by atoms with Crippen molar-refractivity contribution in [1.82, 2.24) is 10.3 Å². The highest BCUT2D eigenvalue weighted by Crippen LogP contribution is 2.31. The van der Waals surface area contributed by atoms with E-state index in [-0.39, 0.29) is 11.9 Å². The lowest BCUT2D eigenvalue weighted by Gasteiger charge is -2.26. The van der Waals surface area contributed by atoms with Gasteiger partial charge < -0.3 is 10.1 Å². The molecule has 0 aliphatic carbocycles. The smallest absolute Gasteiger partial charge is 0.226 e. The summed E-state index contributed by atoms with van der Waals surface area (Å²) in [4.78, 5) is 17.0. The normalized spacial score (nSPS) is 15.9. The van der Waals surface area contributed by atoms with E-state index in [1.807, 2.05) is 60.0 Å². The predicted molar refractivity (Wildman–Crippen MR) is 98.7 cm³/mol. The number of fused-ring (bicyclic) bond motifs is 1. The molecule has 2 heterocycles. The summed E-state index contributed by atoms with van der Waals surface area (Å²) in [5.74, 6) is 0.852. The number of nitrogens with zero attached hydrogens (tertiary/aromatic N) is 1. The Hall–Kier alpha value is -2.66. The number of hydrogen-bond donors (Lipinski definition) is 1. The van der Waals surface area contributed by atoms with Crippen molar-refractivity contribution in [1.29, 1.82) is 0 Å². The number of carbonyl (C=O) groups is 1. The first-order valence-corrected chi connectivity index (χ1v) is 9.18. The van der Waals surface area contributed by atoms with E-state index < -0.39 is 0 Å². The van der Waals surface area contributed by atoms with Gasteiger partial charge in [-0.15, -0.1) is 11.3 Å². The lowest BCUT2D eigenvalue weighted by atomic mass is 10.0. The van der Waals surface area contributed by atoms with E-state index in [2.05, 4.69) is 10.3 Å². The standard InChI is InChI=1S/C20H18N2O2S/c23-19(22-17-10-11-24-18-9-5-4-8-16(17)18)12-15-13-25-20(21-15)14-6-2-1-3-7-14/h1-9,13,17H,10-12H2,(H,22,23)/t17-/m0/s1. The molecule has 25 heavy (non-hydrogen) atoms. The summed E-state index contributed by atoms with van der Waals surface area (Å²) in [5.41, 5.74) is 2.93. The lowest BCUT2D eigenvalue weighted by molar-refractivity contribution is -0.121. The van der Waals surface area contributed by atoms with E-state index in [9.17, 15) is 4.79 Å². The maximum Gasteiger partial charge on any atom is 0.226 e. The molecule has 0 radical (unpaired) electrons. The zero-order valence-corrected chi connectivity index (χ0v) is 14.5. The van der Waals surface area contributed by atoms with Crippen molar-refractivity contribution in [2.45, 2.75) is 18.9 Å². The summed E-state index contributed by atoms with van der Waals surface area (Å²) < 4.78 is 5.64. The van der Waals surface area contributed by atoms with Gasteiger partial charge in [-0.05, 0) is 6.07 Å². The quantitative estimate of drug-likeness (QED) is 0.774. The van der Waals surface area contributed by atoms with Gasteiger partial charge in [0, 0.05) is 22.9 Å². The number of benzene rings is 2. The molecule has 1 amide bonds. The fourth-order valence-electron chi connectivity index (χ4n) is 3.00. The molecule has 1 atom stereocenters. The van der Waals surface area contributed by atoms with E-state index in [1.54, 1.807) is 11.3 Å². The number of para-hydroxylation sites is 1. The minimum Gasteiger partial charge on any atom is -0.493 e. The Morgan fingerprint density at radius 3 is 2.84 bits per heavy atom. The number of amides is 1.